The van der Waals surface area contributed by atoms with Crippen LogP contribution in [0.5, 0.6) is 0 Å². The van der Waals surface area contributed by atoms with Crippen molar-refractivity contribution in [2.75, 3.05) is 26.2 Å². The minimum Gasteiger partial charge on any atom is -0.353 e. The van der Waals surface area contributed by atoms with Gasteiger partial charge in [-0.2, -0.15) is 0 Å². The summed E-state index contributed by atoms with van der Waals surface area (Å²) < 4.78 is 0. The number of nitrogens with zero attached hydrogens (tertiary/aromatic N) is 1. The summed E-state index contributed by atoms with van der Waals surface area (Å²) in [7, 11) is 0. The van der Waals surface area contributed by atoms with E-state index in [0.717, 1.165) is 38.5 Å². The monoisotopic (exact) mass is 253 g/mol. The molecule has 2 heterocycles. The molecule has 0 aromatic rings. The zero-order valence-electron chi connectivity index (χ0n) is 11.6. The van der Waals surface area contributed by atoms with E-state index in [2.05, 4.69) is 22.5 Å². The summed E-state index contributed by atoms with van der Waals surface area (Å²) in [6, 6.07) is 0.800. The highest BCUT2D eigenvalue weighted by Crippen LogP contribution is 2.18. The van der Waals surface area contributed by atoms with E-state index in [1.54, 1.807) is 0 Å². The Labute approximate surface area is 110 Å². The van der Waals surface area contributed by atoms with E-state index in [4.69, 9.17) is 0 Å². The van der Waals surface area contributed by atoms with Gasteiger partial charge in [-0.25, -0.2) is 0 Å². The Morgan fingerprint density at radius 2 is 2.22 bits per heavy atom. The van der Waals surface area contributed by atoms with Crippen LogP contribution in [0.15, 0.2) is 0 Å². The Morgan fingerprint density at radius 3 is 2.94 bits per heavy atom. The highest BCUT2D eigenvalue weighted by atomic mass is 16.2. The smallest absolute Gasteiger partial charge is 0.237 e. The van der Waals surface area contributed by atoms with Crippen molar-refractivity contribution in [3.63, 3.8) is 0 Å². The summed E-state index contributed by atoms with van der Waals surface area (Å²) in [4.78, 5) is 14.4. The van der Waals surface area contributed by atoms with Crippen LogP contribution in [0.2, 0.25) is 0 Å². The predicted octanol–water partition coefficient (Wildman–Crippen LogP) is 1.12. The molecule has 2 rings (SSSR count). The number of hydrogen-bond donors (Lipinski definition) is 2. The van der Waals surface area contributed by atoms with E-state index in [1.807, 2.05) is 0 Å². The van der Waals surface area contributed by atoms with Gasteiger partial charge in [0, 0.05) is 19.1 Å². The number of nitrogens with one attached hydrogen (secondary N) is 2. The lowest BCUT2D eigenvalue weighted by atomic mass is 10.0. The van der Waals surface area contributed by atoms with Crippen molar-refractivity contribution in [3.8, 4) is 0 Å². The molecule has 0 bridgehead atoms. The lowest BCUT2D eigenvalue weighted by Gasteiger charge is -2.35. The molecule has 0 radical (unpaired) electrons. The van der Waals surface area contributed by atoms with Crippen LogP contribution in [0.3, 0.4) is 0 Å². The van der Waals surface area contributed by atoms with Gasteiger partial charge in [0.15, 0.2) is 0 Å². The first-order chi connectivity index (χ1) is 8.81. The summed E-state index contributed by atoms with van der Waals surface area (Å²) >= 11 is 0. The molecular weight excluding hydrogens is 226 g/mol. The number of carbonyl (C=O) groups excluding carboxylic acids is 1. The van der Waals surface area contributed by atoms with Crippen LogP contribution in [-0.4, -0.2) is 49.1 Å². The van der Waals surface area contributed by atoms with Crippen LogP contribution in [0.4, 0.5) is 0 Å². The van der Waals surface area contributed by atoms with Gasteiger partial charge in [-0.15, -0.1) is 0 Å². The number of likely N-dealkylation sites (tertiary alicyclic amines) is 1. The maximum absolute atomic E-state index is 11.8. The first-order valence-corrected chi connectivity index (χ1v) is 7.56. The SMILES string of the molecule is CCC1CCCCN1CCNC(=O)C1CCCN1. The molecule has 0 aromatic carbocycles. The maximum Gasteiger partial charge on any atom is 0.237 e. The third-order valence-corrected chi connectivity index (χ3v) is 4.30. The fraction of sp³-hybridized carbons (Fsp3) is 0.929. The quantitative estimate of drug-likeness (QED) is 0.772. The van der Waals surface area contributed by atoms with Crippen molar-refractivity contribution in [1.82, 2.24) is 15.5 Å². The second-order valence-electron chi connectivity index (χ2n) is 5.53. The molecular formula is C14H27N3O. The van der Waals surface area contributed by atoms with Crippen molar-refractivity contribution < 1.29 is 4.79 Å². The number of carbonyl (C=O) groups is 1. The second kappa shape index (κ2) is 7.10. The van der Waals surface area contributed by atoms with Crippen LogP contribution in [0.1, 0.15) is 45.4 Å². The van der Waals surface area contributed by atoms with Gasteiger partial charge in [-0.05, 0) is 45.2 Å². The van der Waals surface area contributed by atoms with Crippen molar-refractivity contribution in [2.45, 2.75) is 57.5 Å². The molecule has 0 aliphatic carbocycles. The van der Waals surface area contributed by atoms with E-state index < -0.39 is 0 Å². The van der Waals surface area contributed by atoms with Gasteiger partial charge in [0.1, 0.15) is 0 Å². The molecule has 18 heavy (non-hydrogen) atoms. The highest BCUT2D eigenvalue weighted by Gasteiger charge is 2.23. The Morgan fingerprint density at radius 1 is 1.33 bits per heavy atom. The first kappa shape index (κ1) is 13.8. The molecule has 104 valence electrons. The minimum atomic E-state index is 0.0633. The third kappa shape index (κ3) is 3.69. The van der Waals surface area contributed by atoms with E-state index in [-0.39, 0.29) is 11.9 Å². The zero-order chi connectivity index (χ0) is 12.8. The Kier molecular flexibility index (Phi) is 5.45. The third-order valence-electron chi connectivity index (χ3n) is 4.30. The fourth-order valence-electron chi connectivity index (χ4n) is 3.17. The van der Waals surface area contributed by atoms with Crippen LogP contribution < -0.4 is 10.6 Å². The lowest BCUT2D eigenvalue weighted by Crippen LogP contribution is -2.46. The molecule has 4 nitrogen and oxygen atoms in total. The largest absolute Gasteiger partial charge is 0.353 e. The Hall–Kier alpha value is -0.610. The first-order valence-electron chi connectivity index (χ1n) is 7.56. The van der Waals surface area contributed by atoms with Gasteiger partial charge < -0.3 is 10.6 Å². The van der Waals surface area contributed by atoms with Gasteiger partial charge in [0.05, 0.1) is 6.04 Å². The molecule has 2 fully saturated rings. The predicted molar refractivity (Wildman–Crippen MR) is 73.5 cm³/mol. The molecule has 0 spiro atoms. The summed E-state index contributed by atoms with van der Waals surface area (Å²) in [5.41, 5.74) is 0. The second-order valence-corrected chi connectivity index (χ2v) is 5.53. The van der Waals surface area contributed by atoms with Crippen molar-refractivity contribution >= 4 is 5.91 Å². The van der Waals surface area contributed by atoms with E-state index in [9.17, 15) is 4.79 Å². The molecule has 2 N–H and O–H groups in total. The molecule has 1 amide bonds. The maximum atomic E-state index is 11.8. The van der Waals surface area contributed by atoms with E-state index in [1.165, 1.54) is 32.2 Å². The summed E-state index contributed by atoms with van der Waals surface area (Å²) in [6.45, 7) is 6.27. The van der Waals surface area contributed by atoms with Gasteiger partial charge in [-0.3, -0.25) is 9.69 Å². The normalized spacial score (nSPS) is 29.4. The topological polar surface area (TPSA) is 44.4 Å². The van der Waals surface area contributed by atoms with Crippen molar-refractivity contribution in [1.29, 1.82) is 0 Å². The average molecular weight is 253 g/mol. The van der Waals surface area contributed by atoms with Crippen LogP contribution in [0, 0.1) is 0 Å². The molecule has 0 saturated carbocycles. The molecule has 4 heteroatoms. The summed E-state index contributed by atoms with van der Waals surface area (Å²) in [5.74, 6) is 0.192. The molecule has 2 saturated heterocycles. The van der Waals surface area contributed by atoms with E-state index in [0.29, 0.717) is 0 Å². The molecule has 2 atom stereocenters. The Balaban J connectivity index is 1.65. The summed E-state index contributed by atoms with van der Waals surface area (Å²) in [5, 5.41) is 6.31. The molecule has 2 unspecified atom stereocenters. The number of hydrogen-bond acceptors (Lipinski definition) is 3. The van der Waals surface area contributed by atoms with Gasteiger partial charge >= 0.3 is 0 Å². The molecule has 2 aliphatic heterocycles. The molecule has 2 aliphatic rings. The molecule has 0 aromatic heterocycles. The summed E-state index contributed by atoms with van der Waals surface area (Å²) in [6.07, 6.45) is 7.37. The van der Waals surface area contributed by atoms with Crippen molar-refractivity contribution in [2.24, 2.45) is 0 Å². The van der Waals surface area contributed by atoms with Crippen LogP contribution in [0.25, 0.3) is 0 Å². The lowest BCUT2D eigenvalue weighted by molar-refractivity contribution is -0.122. The average Bonchev–Trinajstić information content (AvgIpc) is 2.93. The standard InChI is InChI=1S/C14H27N3O/c1-2-12-6-3-4-10-17(12)11-9-16-14(18)13-7-5-8-15-13/h12-13,15H,2-11H2,1H3,(H,16,18). The number of piperidine rings is 1. The number of rotatable bonds is 5. The van der Waals surface area contributed by atoms with E-state index >= 15 is 0 Å². The minimum absolute atomic E-state index is 0.0633. The zero-order valence-corrected chi connectivity index (χ0v) is 11.6. The highest BCUT2D eigenvalue weighted by molar-refractivity contribution is 5.81. The van der Waals surface area contributed by atoms with Crippen molar-refractivity contribution in [3.05, 3.63) is 0 Å². The van der Waals surface area contributed by atoms with Gasteiger partial charge in [0.2, 0.25) is 5.91 Å². The number of amides is 1. The van der Waals surface area contributed by atoms with Crippen LogP contribution >= 0.6 is 0 Å². The van der Waals surface area contributed by atoms with Crippen LogP contribution in [-0.2, 0) is 4.79 Å². The fourth-order valence-corrected chi connectivity index (χ4v) is 3.17. The van der Waals surface area contributed by atoms with Gasteiger partial charge in [0.25, 0.3) is 0 Å². The Bertz CT molecular complexity index is 264. The van der Waals surface area contributed by atoms with Gasteiger partial charge in [-0.1, -0.05) is 13.3 Å².